The second kappa shape index (κ2) is 9.33. The first-order valence-electron chi connectivity index (χ1n) is 6.21. The normalized spacial score (nSPS) is 10.6. The molecule has 2 aromatic rings. The number of aliphatic imine (C=N–C) groups is 1. The molecule has 0 aliphatic rings. The molecule has 0 aromatic heterocycles. The molecule has 4 nitrogen and oxygen atoms in total. The summed E-state index contributed by atoms with van der Waals surface area (Å²) >= 11 is 0. The molecule has 0 aliphatic carbocycles. The first-order chi connectivity index (χ1) is 9.38. The molecule has 106 valence electrons. The van der Waals surface area contributed by atoms with E-state index in [4.69, 9.17) is 5.84 Å². The van der Waals surface area contributed by atoms with Crippen molar-refractivity contribution in [2.75, 3.05) is 0 Å². The van der Waals surface area contributed by atoms with Gasteiger partial charge in [-0.05, 0) is 11.1 Å². The number of rotatable bonds is 4. The molecule has 0 fully saturated rings. The molecule has 0 unspecified atom stereocenters. The average molecular weight is 382 g/mol. The molecule has 0 aliphatic heterocycles. The number of guanidine groups is 1. The number of nitrogens with two attached hydrogens (primary N) is 1. The quantitative estimate of drug-likeness (QED) is 0.250. The Bertz CT molecular complexity index is 514. The number of nitrogens with one attached hydrogen (secondary N) is 2. The summed E-state index contributed by atoms with van der Waals surface area (Å²) in [5.74, 6) is 6.05. The topological polar surface area (TPSA) is 62.4 Å². The smallest absolute Gasteiger partial charge is 0.206 e. The second-order valence-corrected chi connectivity index (χ2v) is 4.13. The van der Waals surface area contributed by atoms with Crippen LogP contribution >= 0.6 is 24.0 Å². The Kier molecular flexibility index (Phi) is 7.67. The molecule has 20 heavy (non-hydrogen) atoms. The Morgan fingerprint density at radius 1 is 0.900 bits per heavy atom. The molecule has 0 atom stereocenters. The van der Waals surface area contributed by atoms with Crippen molar-refractivity contribution in [2.45, 2.75) is 13.1 Å². The Balaban J connectivity index is 0.00000200. The van der Waals surface area contributed by atoms with Crippen molar-refractivity contribution < 1.29 is 0 Å². The SMILES string of the molecule is I.NN/C(=N\Cc1ccccc1)NCc1ccccc1. The van der Waals surface area contributed by atoms with Crippen LogP contribution in [0.25, 0.3) is 0 Å². The van der Waals surface area contributed by atoms with Crippen molar-refractivity contribution in [3.63, 3.8) is 0 Å². The third kappa shape index (κ3) is 5.58. The van der Waals surface area contributed by atoms with Crippen LogP contribution < -0.4 is 16.6 Å². The molecule has 0 radical (unpaired) electrons. The van der Waals surface area contributed by atoms with Crippen LogP contribution in [0, 0.1) is 0 Å². The third-order valence-corrected chi connectivity index (χ3v) is 2.70. The van der Waals surface area contributed by atoms with Crippen molar-refractivity contribution in [3.8, 4) is 0 Å². The van der Waals surface area contributed by atoms with Crippen molar-refractivity contribution in [1.82, 2.24) is 10.7 Å². The number of hydrogen-bond acceptors (Lipinski definition) is 2. The highest BCUT2D eigenvalue weighted by Crippen LogP contribution is 2.00. The van der Waals surface area contributed by atoms with Crippen LogP contribution in [0.5, 0.6) is 0 Å². The molecule has 5 heteroatoms. The van der Waals surface area contributed by atoms with E-state index in [0.717, 1.165) is 5.56 Å². The number of halogens is 1. The molecule has 0 amide bonds. The van der Waals surface area contributed by atoms with E-state index in [1.165, 1.54) is 5.56 Å². The zero-order valence-electron chi connectivity index (χ0n) is 11.1. The number of benzene rings is 2. The van der Waals surface area contributed by atoms with Crippen LogP contribution in [0.2, 0.25) is 0 Å². The molecule has 4 N–H and O–H groups in total. The second-order valence-electron chi connectivity index (χ2n) is 4.13. The minimum Gasteiger partial charge on any atom is -0.351 e. The van der Waals surface area contributed by atoms with E-state index >= 15 is 0 Å². The molecule has 0 bridgehead atoms. The highest BCUT2D eigenvalue weighted by Gasteiger charge is 1.96. The fraction of sp³-hybridized carbons (Fsp3) is 0.133. The first-order valence-corrected chi connectivity index (χ1v) is 6.21. The van der Waals surface area contributed by atoms with E-state index in [1.807, 2.05) is 48.5 Å². The molecule has 2 aromatic carbocycles. The lowest BCUT2D eigenvalue weighted by Crippen LogP contribution is -2.41. The standard InChI is InChI=1S/C15H18N4.HI/c16-19-15(17-11-13-7-3-1-4-8-13)18-12-14-9-5-2-6-10-14;/h1-10H,11-12,16H2,(H2,17,18,19);1H. The zero-order valence-corrected chi connectivity index (χ0v) is 13.5. The molecule has 0 saturated heterocycles. The van der Waals surface area contributed by atoms with Gasteiger partial charge in [-0.15, -0.1) is 24.0 Å². The van der Waals surface area contributed by atoms with Gasteiger partial charge in [-0.1, -0.05) is 60.7 Å². The maximum atomic E-state index is 5.46. The Hall–Kier alpha value is -1.60. The Morgan fingerprint density at radius 3 is 2.00 bits per heavy atom. The van der Waals surface area contributed by atoms with Gasteiger partial charge in [0.1, 0.15) is 0 Å². The Labute approximate surface area is 136 Å². The minimum absolute atomic E-state index is 0. The summed E-state index contributed by atoms with van der Waals surface area (Å²) in [6.45, 7) is 1.29. The number of nitrogens with zero attached hydrogens (tertiary/aromatic N) is 1. The Morgan fingerprint density at radius 2 is 1.45 bits per heavy atom. The van der Waals surface area contributed by atoms with Gasteiger partial charge in [-0.2, -0.15) is 0 Å². The van der Waals surface area contributed by atoms with Crippen LogP contribution in [0.1, 0.15) is 11.1 Å². The maximum Gasteiger partial charge on any atom is 0.206 e. The summed E-state index contributed by atoms with van der Waals surface area (Å²) in [5, 5.41) is 3.17. The van der Waals surface area contributed by atoms with Gasteiger partial charge in [-0.3, -0.25) is 5.43 Å². The lowest BCUT2D eigenvalue weighted by Gasteiger charge is -2.09. The highest BCUT2D eigenvalue weighted by molar-refractivity contribution is 14.0. The van der Waals surface area contributed by atoms with E-state index in [-0.39, 0.29) is 24.0 Å². The van der Waals surface area contributed by atoms with Crippen LogP contribution in [0.4, 0.5) is 0 Å². The average Bonchev–Trinajstić information content (AvgIpc) is 2.49. The summed E-state index contributed by atoms with van der Waals surface area (Å²) < 4.78 is 0. The monoisotopic (exact) mass is 382 g/mol. The van der Waals surface area contributed by atoms with Crippen molar-refractivity contribution in [3.05, 3.63) is 71.8 Å². The summed E-state index contributed by atoms with van der Waals surface area (Å²) in [6, 6.07) is 20.2. The largest absolute Gasteiger partial charge is 0.351 e. The lowest BCUT2D eigenvalue weighted by atomic mass is 10.2. The molecule has 0 heterocycles. The molecule has 0 spiro atoms. The van der Waals surface area contributed by atoms with E-state index in [0.29, 0.717) is 19.0 Å². The maximum absolute atomic E-state index is 5.46. The van der Waals surface area contributed by atoms with E-state index in [1.54, 1.807) is 0 Å². The van der Waals surface area contributed by atoms with Gasteiger partial charge < -0.3 is 5.32 Å². The van der Waals surface area contributed by atoms with E-state index in [9.17, 15) is 0 Å². The predicted octanol–water partition coefficient (Wildman–Crippen LogP) is 2.41. The van der Waals surface area contributed by atoms with Gasteiger partial charge in [0.2, 0.25) is 5.96 Å². The first kappa shape index (κ1) is 16.5. The fourth-order valence-corrected chi connectivity index (χ4v) is 1.69. The van der Waals surface area contributed by atoms with Gasteiger partial charge in [0.15, 0.2) is 0 Å². The summed E-state index contributed by atoms with van der Waals surface area (Å²) in [5.41, 5.74) is 4.92. The summed E-state index contributed by atoms with van der Waals surface area (Å²) in [6.07, 6.45) is 0. The zero-order chi connectivity index (χ0) is 13.3. The number of hydrazine groups is 1. The molecule has 0 saturated carbocycles. The van der Waals surface area contributed by atoms with Crippen molar-refractivity contribution in [1.29, 1.82) is 0 Å². The molecular formula is C15H19IN4. The van der Waals surface area contributed by atoms with Crippen LogP contribution in [0.15, 0.2) is 65.7 Å². The minimum atomic E-state index is 0. The predicted molar refractivity (Wildman–Crippen MR) is 93.6 cm³/mol. The van der Waals surface area contributed by atoms with Gasteiger partial charge >= 0.3 is 0 Å². The van der Waals surface area contributed by atoms with Gasteiger partial charge in [0.25, 0.3) is 0 Å². The van der Waals surface area contributed by atoms with Gasteiger partial charge in [0, 0.05) is 6.54 Å². The molecule has 2 rings (SSSR count). The van der Waals surface area contributed by atoms with Gasteiger partial charge in [-0.25, -0.2) is 10.8 Å². The molecular weight excluding hydrogens is 363 g/mol. The van der Waals surface area contributed by atoms with Gasteiger partial charge in [0.05, 0.1) is 6.54 Å². The van der Waals surface area contributed by atoms with Crippen LogP contribution in [-0.2, 0) is 13.1 Å². The van der Waals surface area contributed by atoms with E-state index < -0.39 is 0 Å². The van der Waals surface area contributed by atoms with E-state index in [2.05, 4.69) is 27.9 Å². The van der Waals surface area contributed by atoms with Crippen molar-refractivity contribution >= 4 is 29.9 Å². The third-order valence-electron chi connectivity index (χ3n) is 2.70. The van der Waals surface area contributed by atoms with Crippen molar-refractivity contribution in [2.24, 2.45) is 10.8 Å². The fourth-order valence-electron chi connectivity index (χ4n) is 1.69. The van der Waals surface area contributed by atoms with Crippen LogP contribution in [-0.4, -0.2) is 5.96 Å². The summed E-state index contributed by atoms with van der Waals surface area (Å²) in [7, 11) is 0. The number of hydrogen-bond donors (Lipinski definition) is 3. The highest BCUT2D eigenvalue weighted by atomic mass is 127. The summed E-state index contributed by atoms with van der Waals surface area (Å²) in [4.78, 5) is 4.40. The van der Waals surface area contributed by atoms with Crippen LogP contribution in [0.3, 0.4) is 0 Å². The lowest BCUT2D eigenvalue weighted by molar-refractivity contribution is 0.825.